The van der Waals surface area contributed by atoms with Gasteiger partial charge in [0.2, 0.25) is 11.8 Å². The topological polar surface area (TPSA) is 181 Å². The van der Waals surface area contributed by atoms with Crippen LogP contribution in [0.1, 0.15) is 58.9 Å². The molecule has 2 aromatic carbocycles. The molecule has 2 aromatic rings. The molecule has 5 atom stereocenters. The summed E-state index contributed by atoms with van der Waals surface area (Å²) in [6.45, 7) is 11.5. The van der Waals surface area contributed by atoms with E-state index in [1.807, 2.05) is 18.2 Å². The van der Waals surface area contributed by atoms with Gasteiger partial charge in [0.1, 0.15) is 17.6 Å². The minimum atomic E-state index is -0.722. The van der Waals surface area contributed by atoms with E-state index in [1.54, 1.807) is 37.4 Å². The third-order valence-electron chi connectivity index (χ3n) is 12.3. The molecule has 14 heteroatoms. The number of benzene rings is 2. The Hall–Kier alpha value is -5.08. The smallest absolute Gasteiger partial charge is 0.255 e. The number of aldehydes is 1. The summed E-state index contributed by atoms with van der Waals surface area (Å²) in [5, 5.41) is 15.5. The molecule has 1 saturated carbocycles. The monoisotopic (exact) mass is 753 g/mol. The van der Waals surface area contributed by atoms with Crippen molar-refractivity contribution in [1.29, 1.82) is 0 Å². The number of fused-ring (bicyclic) bond motifs is 2. The number of amides is 3. The minimum Gasteiger partial charge on any atom is -0.507 e. The van der Waals surface area contributed by atoms with Gasteiger partial charge in [-0.25, -0.2) is 0 Å². The molecule has 55 heavy (non-hydrogen) atoms. The summed E-state index contributed by atoms with van der Waals surface area (Å²) in [6.07, 6.45) is 5.52. The Morgan fingerprint density at radius 1 is 1.07 bits per heavy atom. The number of carbonyl (C=O) groups is 4. The molecule has 8 rings (SSSR count). The van der Waals surface area contributed by atoms with Gasteiger partial charge in [0.25, 0.3) is 5.91 Å². The van der Waals surface area contributed by atoms with Crippen LogP contribution in [0.3, 0.4) is 0 Å². The maximum absolute atomic E-state index is 13.3. The standard InChI is InChI=1S/C25H32N4O4.C16H23N5O/c1-25(14-28-11-17-9-18(17)12-28)7-8-29(15-25)19-4-3-16(13-30)20(10-19)24(33)27(2)21-5-6-22(31)26-23(21)32;1-20-6-7-21-11(10-20)9-19-16(18)14(21)8-13(17)12-4-2-3-5-15(12)22/h3-4,10,13,17-18,21H,5-9,11-12,14-15H2,1-2H3,(H,26,31,32);2-5,8,11,19,22H,6-7,9-10,17-18H2,1H3/b;13-8-. The van der Waals surface area contributed by atoms with Crippen LogP contribution in [0.15, 0.2) is 60.1 Å². The van der Waals surface area contributed by atoms with Gasteiger partial charge in [-0.1, -0.05) is 19.1 Å². The van der Waals surface area contributed by atoms with E-state index in [0.717, 1.165) is 75.5 Å². The molecule has 4 saturated heterocycles. The molecule has 5 unspecified atom stereocenters. The number of anilines is 1. The number of carbonyl (C=O) groups excluding carboxylic acids is 4. The zero-order valence-corrected chi connectivity index (χ0v) is 32.2. The number of imide groups is 1. The van der Waals surface area contributed by atoms with Gasteiger partial charge in [-0.05, 0) is 80.0 Å². The van der Waals surface area contributed by atoms with E-state index in [-0.39, 0.29) is 35.8 Å². The predicted molar refractivity (Wildman–Crippen MR) is 211 cm³/mol. The average molecular weight is 754 g/mol. The number of piperidine rings is 2. The second-order valence-electron chi connectivity index (χ2n) is 16.6. The number of likely N-dealkylation sites (N-methyl/N-ethyl adjacent to an activating group) is 2. The summed E-state index contributed by atoms with van der Waals surface area (Å²) in [6, 6.07) is 12.1. The van der Waals surface area contributed by atoms with Crippen molar-refractivity contribution >= 4 is 35.4 Å². The first-order chi connectivity index (χ1) is 26.3. The number of aromatic hydroxyl groups is 1. The van der Waals surface area contributed by atoms with Gasteiger partial charge in [0.15, 0.2) is 6.29 Å². The van der Waals surface area contributed by atoms with Crippen LogP contribution in [-0.4, -0.2) is 134 Å². The molecule has 5 fully saturated rings. The maximum Gasteiger partial charge on any atom is 0.255 e. The minimum absolute atomic E-state index is 0.175. The average Bonchev–Trinajstić information content (AvgIpc) is 3.58. The first kappa shape index (κ1) is 38.2. The third-order valence-corrected chi connectivity index (χ3v) is 12.3. The molecular weight excluding hydrogens is 699 g/mol. The first-order valence-electron chi connectivity index (χ1n) is 19.4. The fourth-order valence-electron chi connectivity index (χ4n) is 9.03. The van der Waals surface area contributed by atoms with Crippen molar-refractivity contribution in [2.24, 2.45) is 28.7 Å². The van der Waals surface area contributed by atoms with Gasteiger partial charge in [-0.15, -0.1) is 0 Å². The highest BCUT2D eigenvalue weighted by molar-refractivity contribution is 6.06. The largest absolute Gasteiger partial charge is 0.507 e. The van der Waals surface area contributed by atoms with Crippen LogP contribution in [0.4, 0.5) is 5.69 Å². The van der Waals surface area contributed by atoms with Crippen LogP contribution in [0, 0.1) is 17.3 Å². The van der Waals surface area contributed by atoms with Crippen molar-refractivity contribution in [2.45, 2.75) is 44.7 Å². The quantitative estimate of drug-likeness (QED) is 0.194. The Balaban J connectivity index is 0.000000184. The number of hydrogen-bond donors (Lipinski definition) is 5. The van der Waals surface area contributed by atoms with Crippen LogP contribution in [-0.2, 0) is 9.59 Å². The Morgan fingerprint density at radius 2 is 1.84 bits per heavy atom. The van der Waals surface area contributed by atoms with Gasteiger partial charge in [0.05, 0.1) is 17.3 Å². The van der Waals surface area contributed by atoms with Crippen molar-refractivity contribution in [3.63, 3.8) is 0 Å². The van der Waals surface area contributed by atoms with Crippen LogP contribution in [0.25, 0.3) is 5.70 Å². The highest BCUT2D eigenvalue weighted by Gasteiger charge is 2.47. The lowest BCUT2D eigenvalue weighted by molar-refractivity contribution is -0.136. The summed E-state index contributed by atoms with van der Waals surface area (Å²) < 4.78 is 0. The number of rotatable bonds is 8. The summed E-state index contributed by atoms with van der Waals surface area (Å²) in [5.74, 6) is 1.49. The SMILES string of the molecule is CN(C(=O)c1cc(N2CCC(C)(CN3CC4CC4C3)C2)ccc1C=O)C1CCC(=O)NC1=O.CN1CCN2C(/C=C(\N)c3ccccc3O)=C(N)NCC2C1. The molecule has 14 nitrogen and oxygen atoms in total. The number of nitrogens with one attached hydrogen (secondary N) is 2. The summed E-state index contributed by atoms with van der Waals surface area (Å²) >= 11 is 0. The lowest BCUT2D eigenvalue weighted by Gasteiger charge is -2.45. The Bertz CT molecular complexity index is 1890. The number of hydrogen-bond acceptors (Lipinski definition) is 12. The van der Waals surface area contributed by atoms with Gasteiger partial charge < -0.3 is 46.4 Å². The predicted octanol–water partition coefficient (Wildman–Crippen LogP) is 1.58. The fourth-order valence-corrected chi connectivity index (χ4v) is 9.03. The van der Waals surface area contributed by atoms with E-state index in [4.69, 9.17) is 11.5 Å². The summed E-state index contributed by atoms with van der Waals surface area (Å²) in [5.41, 5.74) is 16.1. The van der Waals surface area contributed by atoms with E-state index in [2.05, 4.69) is 44.2 Å². The summed E-state index contributed by atoms with van der Waals surface area (Å²) in [7, 11) is 3.68. The van der Waals surface area contributed by atoms with E-state index in [0.29, 0.717) is 40.5 Å². The number of phenols is 1. The molecular formula is C41H55N9O5. The first-order valence-corrected chi connectivity index (χ1v) is 19.4. The van der Waals surface area contributed by atoms with Crippen molar-refractivity contribution in [3.05, 3.63) is 76.7 Å². The fraction of sp³-hybridized carbons (Fsp3) is 0.512. The molecule has 294 valence electrons. The number of para-hydroxylation sites is 1. The number of likely N-dealkylation sites (tertiary alicyclic amines) is 1. The third kappa shape index (κ3) is 8.30. The second-order valence-corrected chi connectivity index (χ2v) is 16.6. The maximum atomic E-state index is 13.3. The van der Waals surface area contributed by atoms with Crippen molar-refractivity contribution in [1.82, 2.24) is 30.2 Å². The number of nitrogens with two attached hydrogens (primary N) is 2. The highest BCUT2D eigenvalue weighted by atomic mass is 16.3. The molecule has 5 heterocycles. The zero-order valence-electron chi connectivity index (χ0n) is 32.2. The molecule has 0 spiro atoms. The number of piperazine rings is 1. The molecule has 0 radical (unpaired) electrons. The number of phenolic OH excluding ortho intramolecular Hbond substituents is 1. The Labute approximate surface area is 323 Å². The Kier molecular flexibility index (Phi) is 10.8. The Morgan fingerprint density at radius 3 is 2.56 bits per heavy atom. The van der Waals surface area contributed by atoms with E-state index >= 15 is 0 Å². The van der Waals surface area contributed by atoms with Gasteiger partial charge in [-0.3, -0.25) is 24.5 Å². The van der Waals surface area contributed by atoms with Gasteiger partial charge >= 0.3 is 0 Å². The number of allylic oxidation sites excluding steroid dienone is 1. The molecule has 6 aliphatic rings. The lowest BCUT2D eigenvalue weighted by atomic mass is 9.89. The molecule has 1 aliphatic carbocycles. The molecule has 5 aliphatic heterocycles. The van der Waals surface area contributed by atoms with Crippen molar-refractivity contribution < 1.29 is 24.3 Å². The molecule has 7 N–H and O–H groups in total. The summed E-state index contributed by atoms with van der Waals surface area (Å²) in [4.78, 5) is 59.6. The van der Waals surface area contributed by atoms with Crippen molar-refractivity contribution in [3.8, 4) is 5.75 Å². The van der Waals surface area contributed by atoms with Crippen LogP contribution >= 0.6 is 0 Å². The molecule has 0 aromatic heterocycles. The lowest BCUT2D eigenvalue weighted by Crippen LogP contribution is -2.58. The van der Waals surface area contributed by atoms with Crippen LogP contribution in [0.2, 0.25) is 0 Å². The molecule has 3 amide bonds. The number of nitrogens with zero attached hydrogens (tertiary/aromatic N) is 5. The van der Waals surface area contributed by atoms with E-state index < -0.39 is 11.9 Å². The zero-order chi connectivity index (χ0) is 39.0. The van der Waals surface area contributed by atoms with E-state index in [9.17, 15) is 24.3 Å². The highest BCUT2D eigenvalue weighted by Crippen LogP contribution is 2.46. The van der Waals surface area contributed by atoms with E-state index in [1.165, 1.54) is 24.4 Å². The van der Waals surface area contributed by atoms with Crippen LogP contribution in [0.5, 0.6) is 5.75 Å². The van der Waals surface area contributed by atoms with Gasteiger partial charge in [0, 0.05) is 94.9 Å². The second kappa shape index (κ2) is 15.6. The molecule has 0 bridgehead atoms. The van der Waals surface area contributed by atoms with Crippen LogP contribution < -0.4 is 27.0 Å². The normalized spacial score (nSPS) is 28.1. The van der Waals surface area contributed by atoms with Crippen molar-refractivity contribution in [2.75, 3.05) is 77.9 Å². The van der Waals surface area contributed by atoms with Gasteiger partial charge in [-0.2, -0.15) is 0 Å².